The first kappa shape index (κ1) is 19.2. The molecule has 0 bridgehead atoms. The average Bonchev–Trinajstić information content (AvgIpc) is 2.53. The largest absolute Gasteiger partial charge is 0.444 e. The lowest BCUT2D eigenvalue weighted by Gasteiger charge is -2.21. The molecule has 2 rings (SSSR count). The molecule has 1 N–H and O–H groups in total. The third-order valence-electron chi connectivity index (χ3n) is 3.52. The summed E-state index contributed by atoms with van der Waals surface area (Å²) >= 11 is 0. The van der Waals surface area contributed by atoms with Gasteiger partial charge in [0.1, 0.15) is 17.5 Å². The molecule has 0 spiro atoms. The van der Waals surface area contributed by atoms with Crippen molar-refractivity contribution in [1.29, 1.82) is 0 Å². The van der Waals surface area contributed by atoms with Gasteiger partial charge in [0, 0.05) is 17.8 Å². The van der Waals surface area contributed by atoms with Crippen molar-refractivity contribution in [2.75, 3.05) is 5.32 Å². The molecule has 138 valence electrons. The summed E-state index contributed by atoms with van der Waals surface area (Å²) in [6.45, 7) is 9.06. The van der Waals surface area contributed by atoms with Crippen molar-refractivity contribution < 1.29 is 19.2 Å². The minimum Gasteiger partial charge on any atom is -0.444 e. The second kappa shape index (κ2) is 7.38. The van der Waals surface area contributed by atoms with E-state index in [9.17, 15) is 14.9 Å². The third kappa shape index (κ3) is 4.92. The van der Waals surface area contributed by atoms with Crippen LogP contribution in [0.25, 0.3) is 0 Å². The third-order valence-corrected chi connectivity index (χ3v) is 3.52. The van der Waals surface area contributed by atoms with Gasteiger partial charge in [0.25, 0.3) is 5.69 Å². The highest BCUT2D eigenvalue weighted by atomic mass is 16.6. The van der Waals surface area contributed by atoms with E-state index in [0.717, 1.165) is 17.3 Å². The quantitative estimate of drug-likeness (QED) is 0.624. The molecule has 1 aromatic carbocycles. The van der Waals surface area contributed by atoms with E-state index in [-0.39, 0.29) is 11.6 Å². The van der Waals surface area contributed by atoms with Crippen LogP contribution in [0, 0.1) is 24.0 Å². The lowest BCUT2D eigenvalue weighted by molar-refractivity contribution is -0.385. The fourth-order valence-corrected chi connectivity index (χ4v) is 2.11. The van der Waals surface area contributed by atoms with E-state index in [0.29, 0.717) is 11.4 Å². The van der Waals surface area contributed by atoms with Crippen LogP contribution in [0.4, 0.5) is 16.2 Å². The zero-order chi connectivity index (χ0) is 19.5. The fourth-order valence-electron chi connectivity index (χ4n) is 2.11. The second-order valence-electron chi connectivity index (χ2n) is 6.70. The number of nitrogens with one attached hydrogen (secondary N) is 1. The van der Waals surface area contributed by atoms with Gasteiger partial charge in [-0.15, -0.1) is 0 Å². The molecule has 0 saturated carbocycles. The molecule has 26 heavy (non-hydrogen) atoms. The molecule has 0 aliphatic heterocycles. The lowest BCUT2D eigenvalue weighted by Crippen LogP contribution is -2.27. The normalized spacial score (nSPS) is 11.0. The Bertz CT molecular complexity index is 826. The van der Waals surface area contributed by atoms with Gasteiger partial charge in [-0.05, 0) is 57.9 Å². The van der Waals surface area contributed by atoms with Crippen molar-refractivity contribution in [1.82, 2.24) is 4.98 Å². The molecule has 0 radical (unpaired) electrons. The first-order valence-corrected chi connectivity index (χ1v) is 7.95. The van der Waals surface area contributed by atoms with Crippen molar-refractivity contribution in [2.24, 2.45) is 0 Å². The molecule has 8 nitrogen and oxygen atoms in total. The van der Waals surface area contributed by atoms with E-state index in [1.807, 2.05) is 13.8 Å². The highest BCUT2D eigenvalue weighted by molar-refractivity contribution is 5.86. The predicted molar refractivity (Wildman–Crippen MR) is 96.7 cm³/mol. The average molecular weight is 359 g/mol. The summed E-state index contributed by atoms with van der Waals surface area (Å²) < 4.78 is 10.9. The fraction of sp³-hybridized carbons (Fsp3) is 0.333. The highest BCUT2D eigenvalue weighted by Gasteiger charge is 2.18. The first-order chi connectivity index (χ1) is 12.1. The Labute approximate surface area is 151 Å². The number of carbonyl (C=O) groups excluding carboxylic acids is 1. The molecule has 1 aromatic heterocycles. The molecule has 0 aliphatic carbocycles. The number of amides is 1. The van der Waals surface area contributed by atoms with Crippen molar-refractivity contribution in [2.45, 2.75) is 40.2 Å². The zero-order valence-electron chi connectivity index (χ0n) is 15.3. The molecule has 0 saturated heterocycles. The topological polar surface area (TPSA) is 104 Å². The van der Waals surface area contributed by atoms with Crippen LogP contribution in [-0.4, -0.2) is 21.6 Å². The van der Waals surface area contributed by atoms with Crippen LogP contribution in [0.15, 0.2) is 30.5 Å². The van der Waals surface area contributed by atoms with Gasteiger partial charge in [0.15, 0.2) is 0 Å². The Morgan fingerprint density at radius 2 is 1.85 bits per heavy atom. The minimum absolute atomic E-state index is 0.109. The van der Waals surface area contributed by atoms with Gasteiger partial charge in [-0.1, -0.05) is 0 Å². The maximum Gasteiger partial charge on any atom is 0.412 e. The summed E-state index contributed by atoms with van der Waals surface area (Å²) in [6.07, 6.45) is 0.598. The van der Waals surface area contributed by atoms with Crippen LogP contribution in [0.1, 0.15) is 31.9 Å². The standard InChI is InChI=1S/C18H21N3O5/c1-11-12(2)15(25-16-9-6-13(10-19-16)21(23)24)8-7-14(11)20-17(22)26-18(3,4)5/h6-10H,1-5H3,(H,20,22). The Kier molecular flexibility index (Phi) is 5.44. The van der Waals surface area contributed by atoms with E-state index in [1.165, 1.54) is 12.1 Å². The number of rotatable bonds is 4. The zero-order valence-corrected chi connectivity index (χ0v) is 15.3. The van der Waals surface area contributed by atoms with Crippen LogP contribution in [0.5, 0.6) is 11.6 Å². The molecular formula is C18H21N3O5. The summed E-state index contributed by atoms with van der Waals surface area (Å²) in [5, 5.41) is 13.4. The molecular weight excluding hydrogens is 338 g/mol. The van der Waals surface area contributed by atoms with E-state index >= 15 is 0 Å². The van der Waals surface area contributed by atoms with E-state index in [1.54, 1.807) is 32.9 Å². The molecule has 0 atom stereocenters. The molecule has 0 fully saturated rings. The number of hydrogen-bond acceptors (Lipinski definition) is 6. The molecule has 1 amide bonds. The van der Waals surface area contributed by atoms with Gasteiger partial charge < -0.3 is 9.47 Å². The lowest BCUT2D eigenvalue weighted by atomic mass is 10.1. The van der Waals surface area contributed by atoms with Crippen molar-refractivity contribution in [3.05, 3.63) is 51.7 Å². The van der Waals surface area contributed by atoms with Gasteiger partial charge in [-0.2, -0.15) is 0 Å². The Balaban J connectivity index is 2.16. The molecule has 0 aliphatic rings. The highest BCUT2D eigenvalue weighted by Crippen LogP contribution is 2.31. The van der Waals surface area contributed by atoms with Crippen LogP contribution >= 0.6 is 0 Å². The number of anilines is 1. The molecule has 2 aromatic rings. The first-order valence-electron chi connectivity index (χ1n) is 7.95. The maximum absolute atomic E-state index is 11.9. The Hall–Kier alpha value is -3.16. The maximum atomic E-state index is 11.9. The summed E-state index contributed by atoms with van der Waals surface area (Å²) in [5.41, 5.74) is 1.54. The number of ether oxygens (including phenoxy) is 2. The summed E-state index contributed by atoms with van der Waals surface area (Å²) in [5.74, 6) is 0.782. The van der Waals surface area contributed by atoms with Crippen molar-refractivity contribution >= 4 is 17.5 Å². The number of hydrogen-bond donors (Lipinski definition) is 1. The van der Waals surface area contributed by atoms with E-state index < -0.39 is 16.6 Å². The number of nitro groups is 1. The summed E-state index contributed by atoms with van der Waals surface area (Å²) in [4.78, 5) is 26.0. The van der Waals surface area contributed by atoms with Gasteiger partial charge >= 0.3 is 6.09 Å². The van der Waals surface area contributed by atoms with Crippen molar-refractivity contribution in [3.63, 3.8) is 0 Å². The van der Waals surface area contributed by atoms with Crippen LogP contribution in [-0.2, 0) is 4.74 Å². The second-order valence-corrected chi connectivity index (χ2v) is 6.70. The minimum atomic E-state index is -0.586. The number of aromatic nitrogens is 1. The SMILES string of the molecule is Cc1c(NC(=O)OC(C)(C)C)ccc(Oc2ccc([N+](=O)[O-])cn2)c1C. The number of pyridine rings is 1. The Morgan fingerprint density at radius 3 is 2.38 bits per heavy atom. The number of nitrogens with zero attached hydrogens (tertiary/aromatic N) is 2. The van der Waals surface area contributed by atoms with Crippen LogP contribution in [0.2, 0.25) is 0 Å². The van der Waals surface area contributed by atoms with Gasteiger partial charge in [0.05, 0.1) is 4.92 Å². The molecule has 8 heteroatoms. The van der Waals surface area contributed by atoms with E-state index in [4.69, 9.17) is 9.47 Å². The molecule has 0 unspecified atom stereocenters. The van der Waals surface area contributed by atoms with Crippen LogP contribution in [0.3, 0.4) is 0 Å². The van der Waals surface area contributed by atoms with E-state index in [2.05, 4.69) is 10.3 Å². The number of benzene rings is 1. The van der Waals surface area contributed by atoms with Gasteiger partial charge in [0.2, 0.25) is 5.88 Å². The summed E-state index contributed by atoms with van der Waals surface area (Å²) in [7, 11) is 0. The number of carbonyl (C=O) groups is 1. The summed E-state index contributed by atoms with van der Waals surface area (Å²) in [6, 6.07) is 6.15. The van der Waals surface area contributed by atoms with Crippen LogP contribution < -0.4 is 10.1 Å². The Morgan fingerprint density at radius 1 is 1.15 bits per heavy atom. The van der Waals surface area contributed by atoms with Gasteiger partial charge in [-0.25, -0.2) is 9.78 Å². The monoisotopic (exact) mass is 359 g/mol. The molecule has 1 heterocycles. The van der Waals surface area contributed by atoms with Gasteiger partial charge in [-0.3, -0.25) is 15.4 Å². The predicted octanol–water partition coefficient (Wildman–Crippen LogP) is 4.75. The smallest absolute Gasteiger partial charge is 0.412 e. The van der Waals surface area contributed by atoms with Crippen molar-refractivity contribution in [3.8, 4) is 11.6 Å².